The van der Waals surface area contributed by atoms with Crippen molar-refractivity contribution in [1.29, 1.82) is 0 Å². The van der Waals surface area contributed by atoms with Crippen molar-refractivity contribution < 1.29 is 14.7 Å². The fourth-order valence-electron chi connectivity index (χ4n) is 2.59. The summed E-state index contributed by atoms with van der Waals surface area (Å²) in [5.74, 6) is -1.47. The van der Waals surface area contributed by atoms with E-state index in [0.717, 1.165) is 32.6 Å². The molecule has 0 aromatic heterocycles. The Kier molecular flexibility index (Phi) is 6.26. The first-order valence-corrected chi connectivity index (χ1v) is 7.42. The van der Waals surface area contributed by atoms with Gasteiger partial charge in [-0.3, -0.25) is 9.69 Å². The predicted molar refractivity (Wildman–Crippen MR) is 77.7 cm³/mol. The lowest BCUT2D eigenvalue weighted by molar-refractivity contribution is -0.141. The lowest BCUT2D eigenvalue weighted by Gasteiger charge is -2.27. The van der Waals surface area contributed by atoms with Crippen molar-refractivity contribution in [3.8, 4) is 0 Å². The Morgan fingerprint density at radius 2 is 1.95 bits per heavy atom. The van der Waals surface area contributed by atoms with Gasteiger partial charge >= 0.3 is 12.0 Å². The summed E-state index contributed by atoms with van der Waals surface area (Å²) in [7, 11) is 0. The van der Waals surface area contributed by atoms with Crippen LogP contribution in [0.2, 0.25) is 0 Å². The van der Waals surface area contributed by atoms with Gasteiger partial charge in [0.25, 0.3) is 0 Å². The number of carbonyl (C=O) groups is 2. The highest BCUT2D eigenvalue weighted by atomic mass is 16.4. The Morgan fingerprint density at radius 1 is 1.35 bits per heavy atom. The number of aliphatic carboxylic acids is 1. The van der Waals surface area contributed by atoms with Gasteiger partial charge in [0.2, 0.25) is 0 Å². The zero-order valence-corrected chi connectivity index (χ0v) is 12.9. The normalized spacial score (nSPS) is 21.9. The summed E-state index contributed by atoms with van der Waals surface area (Å²) in [6.45, 7) is 11.0. The number of nitrogens with zero attached hydrogens (tertiary/aromatic N) is 2. The van der Waals surface area contributed by atoms with Gasteiger partial charge < -0.3 is 15.3 Å². The molecule has 0 aromatic carbocycles. The first kappa shape index (κ1) is 16.8. The van der Waals surface area contributed by atoms with Gasteiger partial charge in [-0.1, -0.05) is 13.8 Å². The molecule has 0 radical (unpaired) electrons. The maximum absolute atomic E-state index is 12.1. The van der Waals surface area contributed by atoms with E-state index in [9.17, 15) is 9.59 Å². The first-order chi connectivity index (χ1) is 9.40. The summed E-state index contributed by atoms with van der Waals surface area (Å²) in [5.41, 5.74) is 0. The van der Waals surface area contributed by atoms with E-state index in [1.54, 1.807) is 18.7 Å². The summed E-state index contributed by atoms with van der Waals surface area (Å²) >= 11 is 0. The molecule has 3 atom stereocenters. The van der Waals surface area contributed by atoms with E-state index in [1.807, 2.05) is 0 Å². The van der Waals surface area contributed by atoms with E-state index in [4.69, 9.17) is 5.11 Å². The van der Waals surface area contributed by atoms with E-state index in [0.29, 0.717) is 6.04 Å². The third-order valence-corrected chi connectivity index (χ3v) is 4.27. The Balaban J connectivity index is 2.48. The van der Waals surface area contributed by atoms with E-state index < -0.39 is 11.9 Å². The van der Waals surface area contributed by atoms with E-state index in [1.165, 1.54) is 0 Å². The second-order valence-electron chi connectivity index (χ2n) is 5.47. The van der Waals surface area contributed by atoms with E-state index >= 15 is 0 Å². The van der Waals surface area contributed by atoms with Crippen molar-refractivity contribution in [1.82, 2.24) is 15.1 Å². The summed E-state index contributed by atoms with van der Waals surface area (Å²) in [6.07, 6.45) is 0.984. The number of hydrogen-bond donors (Lipinski definition) is 2. The largest absolute Gasteiger partial charge is 0.481 e. The second kappa shape index (κ2) is 7.47. The van der Waals surface area contributed by atoms with Crippen LogP contribution in [0.1, 0.15) is 34.1 Å². The monoisotopic (exact) mass is 285 g/mol. The standard InChI is InChI=1S/C14H27N3O3/c1-5-16(6-2)12-7-8-17(9-12)14(20)15-11(4)10(3)13(18)19/h10-12H,5-9H2,1-4H3,(H,15,20)(H,18,19). The zero-order valence-electron chi connectivity index (χ0n) is 12.9. The highest BCUT2D eigenvalue weighted by Gasteiger charge is 2.30. The molecule has 116 valence electrons. The Hall–Kier alpha value is -1.30. The smallest absolute Gasteiger partial charge is 0.317 e. The fraction of sp³-hybridized carbons (Fsp3) is 0.857. The average Bonchev–Trinajstić information content (AvgIpc) is 2.88. The van der Waals surface area contributed by atoms with Crippen molar-refractivity contribution in [2.75, 3.05) is 26.2 Å². The van der Waals surface area contributed by atoms with Crippen LogP contribution in [0.5, 0.6) is 0 Å². The van der Waals surface area contributed by atoms with Crippen LogP contribution in [0, 0.1) is 5.92 Å². The number of urea groups is 1. The average molecular weight is 285 g/mol. The Bertz CT molecular complexity index is 345. The number of likely N-dealkylation sites (N-methyl/N-ethyl adjacent to an activating group) is 1. The Morgan fingerprint density at radius 3 is 2.45 bits per heavy atom. The van der Waals surface area contributed by atoms with Gasteiger partial charge in [0, 0.05) is 25.2 Å². The molecule has 0 spiro atoms. The van der Waals surface area contributed by atoms with E-state index in [-0.39, 0.29) is 12.1 Å². The van der Waals surface area contributed by atoms with Crippen molar-refractivity contribution in [3.63, 3.8) is 0 Å². The molecule has 1 rings (SSSR count). The van der Waals surface area contributed by atoms with Crippen LogP contribution in [-0.2, 0) is 4.79 Å². The van der Waals surface area contributed by atoms with Crippen molar-refractivity contribution in [3.05, 3.63) is 0 Å². The van der Waals surface area contributed by atoms with Crippen LogP contribution in [0.3, 0.4) is 0 Å². The predicted octanol–water partition coefficient (Wildman–Crippen LogP) is 1.22. The maximum atomic E-state index is 12.1. The number of rotatable bonds is 6. The van der Waals surface area contributed by atoms with Gasteiger partial charge in [0.1, 0.15) is 0 Å². The minimum absolute atomic E-state index is 0.153. The molecule has 3 unspecified atom stereocenters. The Labute approximate surface area is 121 Å². The summed E-state index contributed by atoms with van der Waals surface area (Å²) in [6, 6.07) is -0.101. The molecule has 2 N–H and O–H groups in total. The topological polar surface area (TPSA) is 72.9 Å². The number of likely N-dealkylation sites (tertiary alicyclic amines) is 1. The van der Waals surface area contributed by atoms with Crippen LogP contribution in [0.25, 0.3) is 0 Å². The molecule has 20 heavy (non-hydrogen) atoms. The first-order valence-electron chi connectivity index (χ1n) is 7.42. The van der Waals surface area contributed by atoms with Gasteiger partial charge in [-0.15, -0.1) is 0 Å². The van der Waals surface area contributed by atoms with Gasteiger partial charge in [0.05, 0.1) is 5.92 Å². The molecule has 1 heterocycles. The van der Waals surface area contributed by atoms with Crippen molar-refractivity contribution >= 4 is 12.0 Å². The molecule has 1 saturated heterocycles. The summed E-state index contributed by atoms with van der Waals surface area (Å²) < 4.78 is 0. The molecule has 6 nitrogen and oxygen atoms in total. The molecule has 6 heteroatoms. The minimum Gasteiger partial charge on any atom is -0.481 e. The maximum Gasteiger partial charge on any atom is 0.317 e. The van der Waals surface area contributed by atoms with Crippen LogP contribution in [0.4, 0.5) is 4.79 Å². The number of carbonyl (C=O) groups excluding carboxylic acids is 1. The van der Waals surface area contributed by atoms with Crippen LogP contribution < -0.4 is 5.32 Å². The number of amides is 2. The molecule has 0 bridgehead atoms. The number of hydrogen-bond acceptors (Lipinski definition) is 3. The highest BCUT2D eigenvalue weighted by Crippen LogP contribution is 2.16. The fourth-order valence-corrected chi connectivity index (χ4v) is 2.59. The van der Waals surface area contributed by atoms with Crippen LogP contribution >= 0.6 is 0 Å². The molecule has 2 amide bonds. The SMILES string of the molecule is CCN(CC)C1CCN(C(=O)NC(C)C(C)C(=O)O)C1. The van der Waals surface area contributed by atoms with Crippen LogP contribution in [0.15, 0.2) is 0 Å². The van der Waals surface area contributed by atoms with Gasteiger partial charge in [-0.25, -0.2) is 4.79 Å². The van der Waals surface area contributed by atoms with Gasteiger partial charge in [0.15, 0.2) is 0 Å². The molecule has 0 aliphatic carbocycles. The summed E-state index contributed by atoms with van der Waals surface area (Å²) in [5, 5.41) is 11.7. The quantitative estimate of drug-likeness (QED) is 0.769. The van der Waals surface area contributed by atoms with Gasteiger partial charge in [-0.2, -0.15) is 0 Å². The zero-order chi connectivity index (χ0) is 15.3. The van der Waals surface area contributed by atoms with Crippen molar-refractivity contribution in [2.45, 2.75) is 46.2 Å². The summed E-state index contributed by atoms with van der Waals surface area (Å²) in [4.78, 5) is 27.2. The molecule has 1 aliphatic heterocycles. The molecule has 1 aliphatic rings. The van der Waals surface area contributed by atoms with Crippen molar-refractivity contribution in [2.24, 2.45) is 5.92 Å². The third kappa shape index (κ3) is 4.10. The lowest BCUT2D eigenvalue weighted by Crippen LogP contribution is -2.47. The number of nitrogens with one attached hydrogen (secondary N) is 1. The number of carboxylic acids is 1. The van der Waals surface area contributed by atoms with E-state index in [2.05, 4.69) is 24.1 Å². The second-order valence-corrected chi connectivity index (χ2v) is 5.47. The molecule has 1 fully saturated rings. The highest BCUT2D eigenvalue weighted by molar-refractivity contribution is 5.76. The minimum atomic E-state index is -0.889. The molecule has 0 saturated carbocycles. The lowest BCUT2D eigenvalue weighted by atomic mass is 10.0. The molecular weight excluding hydrogens is 258 g/mol. The van der Waals surface area contributed by atoms with Gasteiger partial charge in [-0.05, 0) is 33.4 Å². The molecule has 0 aromatic rings. The van der Waals surface area contributed by atoms with Crippen LogP contribution in [-0.4, -0.2) is 65.2 Å². The molecular formula is C14H27N3O3. The third-order valence-electron chi connectivity index (χ3n) is 4.27. The number of carboxylic acid groups (broad SMARTS) is 1.